The van der Waals surface area contributed by atoms with E-state index in [9.17, 15) is 4.79 Å². The van der Waals surface area contributed by atoms with E-state index >= 15 is 0 Å². The molecule has 1 atom stereocenters. The lowest BCUT2D eigenvalue weighted by atomic mass is 9.83. The first-order chi connectivity index (χ1) is 9.03. The summed E-state index contributed by atoms with van der Waals surface area (Å²) in [6.07, 6.45) is 11.6. The summed E-state index contributed by atoms with van der Waals surface area (Å²) in [4.78, 5) is 14.5. The van der Waals surface area contributed by atoms with Crippen LogP contribution in [0.15, 0.2) is 24.3 Å². The van der Waals surface area contributed by atoms with Gasteiger partial charge in [-0.15, -0.1) is 0 Å². The summed E-state index contributed by atoms with van der Waals surface area (Å²) >= 11 is 0. The molecule has 1 rings (SSSR count). The maximum Gasteiger partial charge on any atom is 0.240 e. The topological polar surface area (TPSA) is 32.3 Å². The molecule has 0 spiro atoms. The molecule has 0 aliphatic carbocycles. The van der Waals surface area contributed by atoms with E-state index < -0.39 is 0 Å². The van der Waals surface area contributed by atoms with Crippen molar-refractivity contribution in [3.63, 3.8) is 0 Å². The monoisotopic (exact) mass is 264 g/mol. The highest BCUT2D eigenvalue weighted by molar-refractivity contribution is 5.83. The van der Waals surface area contributed by atoms with E-state index in [-0.39, 0.29) is 17.4 Å². The largest absolute Gasteiger partial charge is 0.341 e. The standard InChI is InChI=1S/C16H28N2O/c1-5-6-7-8-11-16(2,3)14(17-4)15(19)18-12-9-10-13-18/h6-8,11,14,17H,5,9-10,12-13H2,1-4H3/b7-6-,11-8-/t14-/m0/s1. The zero-order valence-corrected chi connectivity index (χ0v) is 12.8. The van der Waals surface area contributed by atoms with E-state index in [1.54, 1.807) is 0 Å². The number of nitrogens with zero attached hydrogens (tertiary/aromatic N) is 1. The van der Waals surface area contributed by atoms with E-state index in [1.807, 2.05) is 18.0 Å². The first-order valence-corrected chi connectivity index (χ1v) is 7.33. The van der Waals surface area contributed by atoms with Gasteiger partial charge in [0.2, 0.25) is 5.91 Å². The number of carbonyl (C=O) groups excluding carboxylic acids is 1. The lowest BCUT2D eigenvalue weighted by Crippen LogP contribution is -2.51. The second-order valence-electron chi connectivity index (χ2n) is 5.77. The fourth-order valence-electron chi connectivity index (χ4n) is 2.55. The average molecular weight is 264 g/mol. The van der Waals surface area contributed by atoms with E-state index in [4.69, 9.17) is 0 Å². The lowest BCUT2D eigenvalue weighted by molar-refractivity contribution is -0.134. The Morgan fingerprint density at radius 1 is 1.32 bits per heavy atom. The van der Waals surface area contributed by atoms with Gasteiger partial charge in [0.25, 0.3) is 0 Å². The third-order valence-corrected chi connectivity index (χ3v) is 3.71. The summed E-state index contributed by atoms with van der Waals surface area (Å²) in [5.74, 6) is 0.231. The molecule has 0 radical (unpaired) electrons. The average Bonchev–Trinajstić information content (AvgIpc) is 2.89. The number of hydrogen-bond acceptors (Lipinski definition) is 2. The summed E-state index contributed by atoms with van der Waals surface area (Å²) in [7, 11) is 1.87. The molecule has 19 heavy (non-hydrogen) atoms. The van der Waals surface area contributed by atoms with Crippen LogP contribution >= 0.6 is 0 Å². The van der Waals surface area contributed by atoms with E-state index in [1.165, 1.54) is 0 Å². The van der Waals surface area contributed by atoms with Crippen molar-refractivity contribution >= 4 is 5.91 Å². The molecule has 0 aromatic heterocycles. The maximum absolute atomic E-state index is 12.5. The van der Waals surface area contributed by atoms with Gasteiger partial charge in [-0.05, 0) is 26.3 Å². The number of hydrogen-bond donors (Lipinski definition) is 1. The van der Waals surface area contributed by atoms with Gasteiger partial charge in [0.1, 0.15) is 0 Å². The van der Waals surface area contributed by atoms with Gasteiger partial charge in [-0.2, -0.15) is 0 Å². The minimum Gasteiger partial charge on any atom is -0.341 e. The Hall–Kier alpha value is -1.09. The molecule has 1 heterocycles. The van der Waals surface area contributed by atoms with Crippen molar-refractivity contribution in [2.75, 3.05) is 20.1 Å². The Bertz CT molecular complexity index is 339. The van der Waals surface area contributed by atoms with E-state index in [0.717, 1.165) is 32.4 Å². The van der Waals surface area contributed by atoms with Crippen LogP contribution in [-0.4, -0.2) is 37.0 Å². The maximum atomic E-state index is 12.5. The van der Waals surface area contributed by atoms with Gasteiger partial charge < -0.3 is 10.2 Å². The molecular weight excluding hydrogens is 236 g/mol. The molecule has 1 fully saturated rings. The van der Waals surface area contributed by atoms with Crippen molar-refractivity contribution < 1.29 is 4.79 Å². The number of carbonyl (C=O) groups is 1. The molecule has 0 aromatic rings. The van der Waals surface area contributed by atoms with Crippen molar-refractivity contribution in [3.8, 4) is 0 Å². The summed E-state index contributed by atoms with van der Waals surface area (Å²) < 4.78 is 0. The number of amides is 1. The molecule has 1 N–H and O–H groups in total. The number of likely N-dealkylation sites (tertiary alicyclic amines) is 1. The Labute approximate surface area is 117 Å². The molecule has 3 nitrogen and oxygen atoms in total. The molecule has 0 saturated carbocycles. The van der Waals surface area contributed by atoms with Crippen LogP contribution in [0.3, 0.4) is 0 Å². The fraction of sp³-hybridized carbons (Fsp3) is 0.688. The summed E-state index contributed by atoms with van der Waals surface area (Å²) in [5, 5.41) is 3.19. The van der Waals surface area contributed by atoms with Gasteiger partial charge in [-0.1, -0.05) is 45.1 Å². The zero-order chi connectivity index (χ0) is 14.3. The van der Waals surface area contributed by atoms with Gasteiger partial charge >= 0.3 is 0 Å². The number of rotatable bonds is 6. The molecule has 1 aliphatic rings. The van der Waals surface area contributed by atoms with Crippen molar-refractivity contribution in [3.05, 3.63) is 24.3 Å². The zero-order valence-electron chi connectivity index (χ0n) is 12.8. The Morgan fingerprint density at radius 3 is 2.47 bits per heavy atom. The summed E-state index contributed by atoms with van der Waals surface area (Å²) in [6, 6.07) is -0.156. The predicted octanol–water partition coefficient (Wildman–Crippen LogP) is 2.75. The summed E-state index contributed by atoms with van der Waals surface area (Å²) in [6.45, 7) is 8.15. The van der Waals surface area contributed by atoms with Gasteiger partial charge in [-0.3, -0.25) is 4.79 Å². The van der Waals surface area contributed by atoms with Crippen LogP contribution in [0.1, 0.15) is 40.0 Å². The molecule has 0 bridgehead atoms. The van der Waals surface area contributed by atoms with Gasteiger partial charge in [0.15, 0.2) is 0 Å². The van der Waals surface area contributed by atoms with Crippen molar-refractivity contribution in [1.82, 2.24) is 10.2 Å². The minimum absolute atomic E-state index is 0.156. The Morgan fingerprint density at radius 2 is 1.95 bits per heavy atom. The van der Waals surface area contributed by atoms with Crippen molar-refractivity contribution in [1.29, 1.82) is 0 Å². The minimum atomic E-state index is -0.188. The molecule has 0 unspecified atom stereocenters. The van der Waals surface area contributed by atoms with E-state index in [2.05, 4.69) is 44.3 Å². The third kappa shape index (κ3) is 4.50. The van der Waals surface area contributed by atoms with Crippen LogP contribution in [-0.2, 0) is 4.79 Å². The normalized spacial score (nSPS) is 18.6. The van der Waals surface area contributed by atoms with Crippen molar-refractivity contribution in [2.24, 2.45) is 5.41 Å². The third-order valence-electron chi connectivity index (χ3n) is 3.71. The SMILES string of the molecule is CC/C=C\C=C/C(C)(C)[C@@H](NC)C(=O)N1CCCC1. The smallest absolute Gasteiger partial charge is 0.240 e. The fourth-order valence-corrected chi connectivity index (χ4v) is 2.55. The predicted molar refractivity (Wildman–Crippen MR) is 81.0 cm³/mol. The Kier molecular flexibility index (Phi) is 6.29. The first kappa shape index (κ1) is 16.0. The second-order valence-corrected chi connectivity index (χ2v) is 5.77. The van der Waals surface area contributed by atoms with Gasteiger partial charge in [0, 0.05) is 18.5 Å². The van der Waals surface area contributed by atoms with Crippen LogP contribution in [0, 0.1) is 5.41 Å². The molecule has 1 saturated heterocycles. The first-order valence-electron chi connectivity index (χ1n) is 7.33. The van der Waals surface area contributed by atoms with Crippen LogP contribution in [0.4, 0.5) is 0 Å². The highest BCUT2D eigenvalue weighted by Gasteiger charge is 2.35. The molecule has 1 amide bonds. The quantitative estimate of drug-likeness (QED) is 0.748. The highest BCUT2D eigenvalue weighted by Crippen LogP contribution is 2.25. The molecule has 1 aliphatic heterocycles. The van der Waals surface area contributed by atoms with E-state index in [0.29, 0.717) is 0 Å². The summed E-state index contributed by atoms with van der Waals surface area (Å²) in [5.41, 5.74) is -0.188. The van der Waals surface area contributed by atoms with Gasteiger partial charge in [0.05, 0.1) is 6.04 Å². The second kappa shape index (κ2) is 7.49. The number of likely N-dealkylation sites (N-methyl/N-ethyl adjacent to an activating group) is 1. The number of nitrogens with one attached hydrogen (secondary N) is 1. The van der Waals surface area contributed by atoms with Crippen LogP contribution in [0.25, 0.3) is 0 Å². The van der Waals surface area contributed by atoms with Crippen LogP contribution in [0.2, 0.25) is 0 Å². The Balaban J connectivity index is 2.72. The highest BCUT2D eigenvalue weighted by atomic mass is 16.2. The molecule has 0 aromatic carbocycles. The lowest BCUT2D eigenvalue weighted by Gasteiger charge is -2.33. The van der Waals surface area contributed by atoms with Crippen LogP contribution in [0.5, 0.6) is 0 Å². The molecule has 108 valence electrons. The molecular formula is C16H28N2O. The molecule has 3 heteroatoms. The number of allylic oxidation sites excluding steroid dienone is 3. The van der Waals surface area contributed by atoms with Gasteiger partial charge in [-0.25, -0.2) is 0 Å². The van der Waals surface area contributed by atoms with Crippen LogP contribution < -0.4 is 5.32 Å². The van der Waals surface area contributed by atoms with Crippen molar-refractivity contribution in [2.45, 2.75) is 46.1 Å².